The third-order valence-electron chi connectivity index (χ3n) is 4.49. The van der Waals surface area contributed by atoms with Gasteiger partial charge in [0, 0.05) is 22.2 Å². The Balaban J connectivity index is 2.46. The summed E-state index contributed by atoms with van der Waals surface area (Å²) >= 11 is 12.4. The summed E-state index contributed by atoms with van der Waals surface area (Å²) < 4.78 is 20.6. The van der Waals surface area contributed by atoms with Crippen molar-refractivity contribution in [3.05, 3.63) is 84.8 Å². The van der Waals surface area contributed by atoms with Crippen molar-refractivity contribution < 1.29 is 13.9 Å². The Morgan fingerprint density at radius 1 is 1.37 bits per heavy atom. The van der Waals surface area contributed by atoms with E-state index in [-0.39, 0.29) is 49.9 Å². The smallest absolute Gasteiger partial charge is 0.343 e. The standard InChI is InChI=1S/C22H15Cl2FN2O3/c1-4-30-22(29)16-11(2)27-20-14(21(16)28)10-12(8-9-26-3)17(19(20)25)13-6-5-7-15(23)18(13)24/h5-10H,4H2,1-2H3,(H,27,28)/b9-8+. The number of H-pyrrole nitrogens is 1. The quantitative estimate of drug-likeness (QED) is 0.395. The van der Waals surface area contributed by atoms with Crippen LogP contribution in [-0.2, 0) is 4.74 Å². The minimum absolute atomic E-state index is 0.0484. The molecule has 1 N–H and O–H groups in total. The van der Waals surface area contributed by atoms with Gasteiger partial charge in [0.15, 0.2) is 12.0 Å². The predicted octanol–water partition coefficient (Wildman–Crippen LogP) is 6.02. The van der Waals surface area contributed by atoms with Crippen molar-refractivity contribution in [3.8, 4) is 11.1 Å². The lowest BCUT2D eigenvalue weighted by Gasteiger charge is -2.15. The minimum Gasteiger partial charge on any atom is -0.462 e. The fourth-order valence-corrected chi connectivity index (χ4v) is 3.59. The molecule has 0 saturated carbocycles. The highest BCUT2D eigenvalue weighted by atomic mass is 35.5. The lowest BCUT2D eigenvalue weighted by molar-refractivity contribution is 0.0523. The molecule has 0 radical (unpaired) electrons. The van der Waals surface area contributed by atoms with Gasteiger partial charge in [-0.3, -0.25) is 4.79 Å². The van der Waals surface area contributed by atoms with E-state index in [4.69, 9.17) is 34.5 Å². The van der Waals surface area contributed by atoms with Crippen LogP contribution in [0.25, 0.3) is 33.0 Å². The second kappa shape index (κ2) is 8.70. The topological polar surface area (TPSA) is 63.5 Å². The SMILES string of the molecule is [C-]#[N+]/C=C/c1cc2c(=O)c(C(=O)OCC)c(C)[nH]c2c(F)c1-c1cccc(Cl)c1Cl. The van der Waals surface area contributed by atoms with E-state index in [2.05, 4.69) is 9.83 Å². The van der Waals surface area contributed by atoms with Crippen LogP contribution in [0.4, 0.5) is 4.39 Å². The van der Waals surface area contributed by atoms with E-state index in [9.17, 15) is 9.59 Å². The molecule has 0 aliphatic heterocycles. The normalized spacial score (nSPS) is 11.1. The number of rotatable bonds is 4. The molecule has 3 aromatic rings. The van der Waals surface area contributed by atoms with Gasteiger partial charge in [-0.05, 0) is 31.5 Å². The van der Waals surface area contributed by atoms with E-state index in [1.54, 1.807) is 25.1 Å². The van der Waals surface area contributed by atoms with Crippen molar-refractivity contribution >= 4 is 46.2 Å². The van der Waals surface area contributed by atoms with Crippen LogP contribution >= 0.6 is 23.2 Å². The highest BCUT2D eigenvalue weighted by Crippen LogP contribution is 2.39. The van der Waals surface area contributed by atoms with Crippen LogP contribution in [0, 0.1) is 19.3 Å². The number of nitrogens with one attached hydrogen (secondary N) is 1. The number of benzene rings is 2. The van der Waals surface area contributed by atoms with Crippen LogP contribution in [0.5, 0.6) is 0 Å². The summed E-state index contributed by atoms with van der Waals surface area (Å²) in [4.78, 5) is 31.2. The van der Waals surface area contributed by atoms with Gasteiger partial charge >= 0.3 is 5.97 Å². The molecule has 30 heavy (non-hydrogen) atoms. The van der Waals surface area contributed by atoms with Crippen LogP contribution in [0.2, 0.25) is 10.0 Å². The van der Waals surface area contributed by atoms with Gasteiger partial charge in [0.1, 0.15) is 5.56 Å². The van der Waals surface area contributed by atoms with Crippen LogP contribution < -0.4 is 5.43 Å². The number of esters is 1. The predicted molar refractivity (Wildman–Crippen MR) is 116 cm³/mol. The first kappa shape index (κ1) is 21.6. The fraction of sp³-hybridized carbons (Fsp3) is 0.136. The maximum atomic E-state index is 15.7. The molecule has 2 aromatic carbocycles. The van der Waals surface area contributed by atoms with E-state index < -0.39 is 17.2 Å². The monoisotopic (exact) mass is 444 g/mol. The number of hydrogen-bond donors (Lipinski definition) is 1. The van der Waals surface area contributed by atoms with Gasteiger partial charge in [-0.15, -0.1) is 0 Å². The summed E-state index contributed by atoms with van der Waals surface area (Å²) in [7, 11) is 0. The van der Waals surface area contributed by atoms with Crippen LogP contribution in [0.1, 0.15) is 28.5 Å². The number of halogens is 3. The maximum Gasteiger partial charge on any atom is 0.343 e. The molecule has 0 unspecified atom stereocenters. The number of carbonyl (C=O) groups is 1. The Labute approximate surface area is 181 Å². The van der Waals surface area contributed by atoms with Crippen molar-refractivity contribution in [2.24, 2.45) is 0 Å². The highest BCUT2D eigenvalue weighted by Gasteiger charge is 2.23. The van der Waals surface area contributed by atoms with Crippen LogP contribution in [0.3, 0.4) is 0 Å². The molecule has 1 heterocycles. The first-order chi connectivity index (χ1) is 14.3. The molecule has 0 bridgehead atoms. The number of ether oxygens (including phenoxy) is 1. The van der Waals surface area contributed by atoms with E-state index in [1.165, 1.54) is 19.1 Å². The van der Waals surface area contributed by atoms with Gasteiger partial charge in [-0.25, -0.2) is 14.0 Å². The maximum absolute atomic E-state index is 15.7. The average molecular weight is 445 g/mol. The van der Waals surface area contributed by atoms with Gasteiger partial charge in [-0.2, -0.15) is 0 Å². The van der Waals surface area contributed by atoms with Gasteiger partial charge < -0.3 is 9.72 Å². The minimum atomic E-state index is -0.793. The van der Waals surface area contributed by atoms with Gasteiger partial charge in [0.25, 0.3) is 0 Å². The largest absolute Gasteiger partial charge is 0.462 e. The van der Waals surface area contributed by atoms with Gasteiger partial charge in [0.2, 0.25) is 5.43 Å². The molecule has 0 amide bonds. The zero-order chi connectivity index (χ0) is 22.0. The fourth-order valence-electron chi connectivity index (χ4n) is 3.19. The summed E-state index contributed by atoms with van der Waals surface area (Å²) in [5.41, 5.74) is -0.148. The number of fused-ring (bicyclic) bond motifs is 1. The first-order valence-corrected chi connectivity index (χ1v) is 9.61. The molecule has 0 fully saturated rings. The van der Waals surface area contributed by atoms with Crippen molar-refractivity contribution in [3.63, 3.8) is 0 Å². The molecule has 0 spiro atoms. The molecular weight excluding hydrogens is 430 g/mol. The highest BCUT2D eigenvalue weighted by molar-refractivity contribution is 6.43. The summed E-state index contributed by atoms with van der Waals surface area (Å²) in [6, 6.07) is 6.19. The Bertz CT molecular complexity index is 1310. The first-order valence-electron chi connectivity index (χ1n) is 8.85. The summed E-state index contributed by atoms with van der Waals surface area (Å²) in [5.74, 6) is -1.55. The zero-order valence-electron chi connectivity index (χ0n) is 16.0. The third-order valence-corrected chi connectivity index (χ3v) is 5.30. The molecule has 1 aromatic heterocycles. The van der Waals surface area contributed by atoms with Crippen LogP contribution in [-0.4, -0.2) is 17.6 Å². The van der Waals surface area contributed by atoms with E-state index in [0.717, 1.165) is 6.20 Å². The second-order valence-electron chi connectivity index (χ2n) is 6.30. The van der Waals surface area contributed by atoms with Gasteiger partial charge in [0.05, 0.1) is 28.7 Å². The van der Waals surface area contributed by atoms with Gasteiger partial charge in [-0.1, -0.05) is 41.4 Å². The van der Waals surface area contributed by atoms with Crippen molar-refractivity contribution in [1.82, 2.24) is 4.98 Å². The van der Waals surface area contributed by atoms with E-state index in [1.807, 2.05) is 0 Å². The van der Waals surface area contributed by atoms with Crippen molar-refractivity contribution in [1.29, 1.82) is 0 Å². The van der Waals surface area contributed by atoms with E-state index >= 15 is 4.39 Å². The number of carbonyl (C=O) groups excluding carboxylic acids is 1. The molecule has 0 aliphatic carbocycles. The zero-order valence-corrected chi connectivity index (χ0v) is 17.5. The second-order valence-corrected chi connectivity index (χ2v) is 7.08. The molecule has 3 rings (SSSR count). The Morgan fingerprint density at radius 2 is 2.10 bits per heavy atom. The Kier molecular flexibility index (Phi) is 6.25. The van der Waals surface area contributed by atoms with Crippen molar-refractivity contribution in [2.45, 2.75) is 13.8 Å². The molecule has 152 valence electrons. The number of nitrogens with zero attached hydrogens (tertiary/aromatic N) is 1. The number of aromatic amines is 1. The number of pyridine rings is 1. The Morgan fingerprint density at radius 3 is 2.77 bits per heavy atom. The summed E-state index contributed by atoms with van der Waals surface area (Å²) in [6.45, 7) is 10.2. The number of aromatic nitrogens is 1. The summed E-state index contributed by atoms with van der Waals surface area (Å²) in [5, 5.41) is 0.320. The van der Waals surface area contributed by atoms with Crippen LogP contribution in [0.15, 0.2) is 35.3 Å². The molecule has 8 heteroatoms. The molecular formula is C22H15Cl2FN2O3. The van der Waals surface area contributed by atoms with Crippen molar-refractivity contribution in [2.75, 3.05) is 6.61 Å². The van der Waals surface area contributed by atoms with E-state index in [0.29, 0.717) is 5.56 Å². The molecule has 0 saturated heterocycles. The number of aryl methyl sites for hydroxylation is 1. The average Bonchev–Trinajstić information content (AvgIpc) is 2.70. The lowest BCUT2D eigenvalue weighted by Crippen LogP contribution is -2.21. The third kappa shape index (κ3) is 3.70. The Hall–Kier alpha value is -3.14. The molecule has 0 atom stereocenters. The molecule has 0 aliphatic rings. The summed E-state index contributed by atoms with van der Waals surface area (Å²) in [6.07, 6.45) is 2.50. The molecule has 5 nitrogen and oxygen atoms in total. The lowest BCUT2D eigenvalue weighted by atomic mass is 9.95. The number of hydrogen-bond acceptors (Lipinski definition) is 3.